The molecule has 1 aromatic carbocycles. The maximum absolute atomic E-state index is 6.43. The summed E-state index contributed by atoms with van der Waals surface area (Å²) in [5.74, 6) is 5.77. The third-order valence-electron chi connectivity index (χ3n) is 3.70. The number of aromatic nitrogens is 2. The molecule has 0 spiro atoms. The minimum absolute atomic E-state index is 0.0307. The van der Waals surface area contributed by atoms with E-state index in [-0.39, 0.29) is 6.04 Å². The highest BCUT2D eigenvalue weighted by atomic mass is 79.9. The normalized spacial score (nSPS) is 12.7. The van der Waals surface area contributed by atoms with Gasteiger partial charge in [-0.05, 0) is 24.5 Å². The van der Waals surface area contributed by atoms with Crippen LogP contribution in [-0.2, 0) is 19.9 Å². The molecular formula is C15H20BrClN4. The van der Waals surface area contributed by atoms with Gasteiger partial charge < -0.3 is 0 Å². The Labute approximate surface area is 138 Å². The van der Waals surface area contributed by atoms with Crippen molar-refractivity contribution in [2.75, 3.05) is 0 Å². The van der Waals surface area contributed by atoms with Crippen molar-refractivity contribution in [1.29, 1.82) is 0 Å². The number of benzene rings is 1. The van der Waals surface area contributed by atoms with Crippen LogP contribution in [0.3, 0.4) is 0 Å². The largest absolute Gasteiger partial charge is 0.271 e. The molecule has 2 aromatic rings. The molecule has 6 heteroatoms. The van der Waals surface area contributed by atoms with Gasteiger partial charge in [-0.3, -0.25) is 16.0 Å². The summed E-state index contributed by atoms with van der Waals surface area (Å²) in [4.78, 5) is 0. The van der Waals surface area contributed by atoms with Crippen LogP contribution >= 0.6 is 27.5 Å². The van der Waals surface area contributed by atoms with Crippen LogP contribution in [-0.4, -0.2) is 9.78 Å². The van der Waals surface area contributed by atoms with E-state index in [1.54, 1.807) is 0 Å². The van der Waals surface area contributed by atoms with Gasteiger partial charge in [-0.1, -0.05) is 52.7 Å². The van der Waals surface area contributed by atoms with Gasteiger partial charge in [0.25, 0.3) is 0 Å². The van der Waals surface area contributed by atoms with Crippen LogP contribution in [0.15, 0.2) is 22.7 Å². The lowest BCUT2D eigenvalue weighted by Crippen LogP contribution is -2.30. The van der Waals surface area contributed by atoms with Gasteiger partial charge in [0.2, 0.25) is 0 Å². The van der Waals surface area contributed by atoms with E-state index >= 15 is 0 Å². The van der Waals surface area contributed by atoms with Crippen molar-refractivity contribution >= 4 is 27.5 Å². The van der Waals surface area contributed by atoms with Gasteiger partial charge in [-0.25, -0.2) is 0 Å². The Morgan fingerprint density at radius 3 is 2.76 bits per heavy atom. The first-order valence-electron chi connectivity index (χ1n) is 6.90. The van der Waals surface area contributed by atoms with Gasteiger partial charge in [0.1, 0.15) is 0 Å². The SMILES string of the molecule is CCc1nn(C)c(CC(NN)c2cccc(C)c2Br)c1Cl. The Morgan fingerprint density at radius 1 is 1.48 bits per heavy atom. The predicted octanol–water partition coefficient (Wildman–Crippen LogP) is 3.45. The van der Waals surface area contributed by atoms with E-state index in [1.807, 2.05) is 24.7 Å². The fourth-order valence-corrected chi connectivity index (χ4v) is 3.34. The van der Waals surface area contributed by atoms with Crippen molar-refractivity contribution in [2.24, 2.45) is 12.9 Å². The number of nitrogens with one attached hydrogen (secondary N) is 1. The molecule has 3 N–H and O–H groups in total. The Hall–Kier alpha value is -0.880. The van der Waals surface area contributed by atoms with Crippen LogP contribution in [0.5, 0.6) is 0 Å². The molecule has 0 saturated carbocycles. The zero-order valence-corrected chi connectivity index (χ0v) is 14.8. The highest BCUT2D eigenvalue weighted by molar-refractivity contribution is 9.10. The molecule has 0 aliphatic carbocycles. The molecule has 114 valence electrons. The molecule has 0 radical (unpaired) electrons. The second-order valence-corrected chi connectivity index (χ2v) is 6.26. The Balaban J connectivity index is 2.36. The third-order valence-corrected chi connectivity index (χ3v) is 5.22. The number of hydrogen-bond donors (Lipinski definition) is 2. The Kier molecular flexibility index (Phi) is 5.43. The summed E-state index contributed by atoms with van der Waals surface area (Å²) >= 11 is 10.1. The molecule has 1 aromatic heterocycles. The molecule has 1 atom stereocenters. The monoisotopic (exact) mass is 370 g/mol. The van der Waals surface area contributed by atoms with Crippen LogP contribution in [0.2, 0.25) is 5.02 Å². The smallest absolute Gasteiger partial charge is 0.0850 e. The fourth-order valence-electron chi connectivity index (χ4n) is 2.43. The average molecular weight is 372 g/mol. The van der Waals surface area contributed by atoms with Crippen molar-refractivity contribution in [1.82, 2.24) is 15.2 Å². The number of nitrogens with zero attached hydrogens (tertiary/aromatic N) is 2. The minimum atomic E-state index is -0.0307. The zero-order valence-electron chi connectivity index (χ0n) is 12.5. The topological polar surface area (TPSA) is 55.9 Å². The lowest BCUT2D eigenvalue weighted by Gasteiger charge is -2.19. The number of hydrogen-bond acceptors (Lipinski definition) is 3. The fraction of sp³-hybridized carbons (Fsp3) is 0.400. The summed E-state index contributed by atoms with van der Waals surface area (Å²) in [6.45, 7) is 4.11. The van der Waals surface area contributed by atoms with Crippen molar-refractivity contribution in [2.45, 2.75) is 32.7 Å². The van der Waals surface area contributed by atoms with Gasteiger partial charge in [-0.15, -0.1) is 0 Å². The van der Waals surface area contributed by atoms with Gasteiger partial charge in [-0.2, -0.15) is 5.10 Å². The van der Waals surface area contributed by atoms with Gasteiger partial charge in [0.15, 0.2) is 0 Å². The quantitative estimate of drug-likeness (QED) is 0.625. The molecule has 0 bridgehead atoms. The van der Waals surface area contributed by atoms with Gasteiger partial charge in [0, 0.05) is 17.9 Å². The lowest BCUT2D eigenvalue weighted by molar-refractivity contribution is 0.528. The summed E-state index contributed by atoms with van der Waals surface area (Å²) < 4.78 is 2.91. The van der Waals surface area contributed by atoms with Crippen LogP contribution in [0.1, 0.15) is 35.5 Å². The van der Waals surface area contributed by atoms with Crippen LogP contribution in [0, 0.1) is 6.92 Å². The molecule has 0 aliphatic rings. The molecule has 1 unspecified atom stereocenters. The van der Waals surface area contributed by atoms with E-state index in [0.717, 1.165) is 32.9 Å². The number of hydrazine groups is 1. The maximum atomic E-state index is 6.43. The summed E-state index contributed by atoms with van der Waals surface area (Å²) in [5, 5.41) is 5.19. The van der Waals surface area contributed by atoms with Crippen LogP contribution < -0.4 is 11.3 Å². The Bertz CT molecular complexity index is 639. The van der Waals surface area contributed by atoms with E-state index in [9.17, 15) is 0 Å². The number of halogens is 2. The molecular weight excluding hydrogens is 352 g/mol. The molecule has 1 heterocycles. The van der Waals surface area contributed by atoms with Crippen LogP contribution in [0.4, 0.5) is 0 Å². The van der Waals surface area contributed by atoms with Crippen molar-refractivity contribution in [3.8, 4) is 0 Å². The second-order valence-electron chi connectivity index (χ2n) is 5.09. The van der Waals surface area contributed by atoms with Crippen LogP contribution in [0.25, 0.3) is 0 Å². The number of nitrogens with two attached hydrogens (primary N) is 1. The molecule has 21 heavy (non-hydrogen) atoms. The van der Waals surface area contributed by atoms with E-state index in [0.29, 0.717) is 6.42 Å². The first-order valence-corrected chi connectivity index (χ1v) is 8.08. The third kappa shape index (κ3) is 3.31. The van der Waals surface area contributed by atoms with E-state index < -0.39 is 0 Å². The second kappa shape index (κ2) is 6.92. The highest BCUT2D eigenvalue weighted by Gasteiger charge is 2.20. The van der Waals surface area contributed by atoms with Crippen molar-refractivity contribution in [3.05, 3.63) is 50.2 Å². The molecule has 2 rings (SSSR count). The first-order chi connectivity index (χ1) is 9.99. The van der Waals surface area contributed by atoms with Gasteiger partial charge >= 0.3 is 0 Å². The molecule has 0 amide bonds. The molecule has 0 aliphatic heterocycles. The molecule has 0 fully saturated rings. The summed E-state index contributed by atoms with van der Waals surface area (Å²) in [5.41, 5.74) is 7.10. The van der Waals surface area contributed by atoms with E-state index in [4.69, 9.17) is 17.4 Å². The maximum Gasteiger partial charge on any atom is 0.0850 e. The Morgan fingerprint density at radius 2 is 2.19 bits per heavy atom. The standard InChI is InChI=1S/C15H20BrClN4/c1-4-11-15(17)13(21(3)20-11)8-12(19-18)10-7-5-6-9(2)14(10)16/h5-7,12,19H,4,8,18H2,1-3H3. The first kappa shape index (κ1) is 16.5. The minimum Gasteiger partial charge on any atom is -0.271 e. The van der Waals surface area contributed by atoms with Crippen molar-refractivity contribution in [3.63, 3.8) is 0 Å². The van der Waals surface area contributed by atoms with Crippen molar-refractivity contribution < 1.29 is 0 Å². The predicted molar refractivity (Wildman–Crippen MR) is 90.2 cm³/mol. The molecule has 0 saturated heterocycles. The zero-order chi connectivity index (χ0) is 15.6. The summed E-state index contributed by atoms with van der Waals surface area (Å²) in [6, 6.07) is 6.12. The number of rotatable bonds is 5. The average Bonchev–Trinajstić information content (AvgIpc) is 2.74. The lowest BCUT2D eigenvalue weighted by atomic mass is 10.0. The highest BCUT2D eigenvalue weighted by Crippen LogP contribution is 2.31. The molecule has 4 nitrogen and oxygen atoms in total. The summed E-state index contributed by atoms with van der Waals surface area (Å²) in [6.07, 6.45) is 1.50. The van der Waals surface area contributed by atoms with Gasteiger partial charge in [0.05, 0.1) is 22.5 Å². The van der Waals surface area contributed by atoms with E-state index in [2.05, 4.69) is 45.5 Å². The summed E-state index contributed by atoms with van der Waals surface area (Å²) in [7, 11) is 1.92. The van der Waals surface area contributed by atoms with E-state index in [1.165, 1.54) is 5.56 Å². The number of aryl methyl sites for hydroxylation is 3.